The highest BCUT2D eigenvalue weighted by Crippen LogP contribution is 2.21. The predicted octanol–water partition coefficient (Wildman–Crippen LogP) is 3.10. The van der Waals surface area contributed by atoms with Crippen LogP contribution in [0.25, 0.3) is 0 Å². The van der Waals surface area contributed by atoms with Crippen molar-refractivity contribution in [3.05, 3.63) is 29.8 Å². The van der Waals surface area contributed by atoms with E-state index in [1.54, 1.807) is 0 Å². The molecule has 0 saturated carbocycles. The summed E-state index contributed by atoms with van der Waals surface area (Å²) in [6.07, 6.45) is 0.715. The van der Waals surface area contributed by atoms with Gasteiger partial charge in [0.25, 0.3) is 0 Å². The smallest absolute Gasteiger partial charge is 0.319 e. The quantitative estimate of drug-likeness (QED) is 0.625. The average Bonchev–Trinajstić information content (AvgIpc) is 2.45. The molecule has 5 heteroatoms. The monoisotopic (exact) mass is 292 g/mol. The Bertz CT molecular complexity index is 481. The Balaban J connectivity index is 2.25. The summed E-state index contributed by atoms with van der Waals surface area (Å²) in [5.41, 5.74) is 1.37. The van der Waals surface area contributed by atoms with Crippen LogP contribution in [0.4, 0.5) is 10.5 Å². The second kappa shape index (κ2) is 7.67. The first kappa shape index (κ1) is 17.0. The van der Waals surface area contributed by atoms with E-state index < -0.39 is 5.41 Å². The van der Waals surface area contributed by atoms with Crippen LogP contribution in [0.5, 0.6) is 0 Å². The highest BCUT2D eigenvalue weighted by atomic mass is 16.5. The normalized spacial score (nSPS) is 10.9. The van der Waals surface area contributed by atoms with Gasteiger partial charge >= 0.3 is 12.0 Å². The molecular weight excluding hydrogens is 268 g/mol. The summed E-state index contributed by atoms with van der Waals surface area (Å²) in [7, 11) is 0. The third kappa shape index (κ3) is 5.85. The average molecular weight is 292 g/mol. The number of hydrogen-bond acceptors (Lipinski definition) is 3. The van der Waals surface area contributed by atoms with Crippen LogP contribution in [-0.2, 0) is 9.53 Å². The summed E-state index contributed by atoms with van der Waals surface area (Å²) in [5.74, 6) is -0.245. The van der Waals surface area contributed by atoms with Crippen LogP contribution in [0.2, 0.25) is 0 Å². The lowest BCUT2D eigenvalue weighted by Gasteiger charge is -2.20. The number of anilines is 1. The topological polar surface area (TPSA) is 67.4 Å². The minimum atomic E-state index is -0.482. The molecule has 1 aromatic rings. The third-order valence-electron chi connectivity index (χ3n) is 3.37. The van der Waals surface area contributed by atoms with Gasteiger partial charge in [-0.3, -0.25) is 4.79 Å². The van der Waals surface area contributed by atoms with Gasteiger partial charge in [0.1, 0.15) is 6.61 Å². The van der Waals surface area contributed by atoms with Gasteiger partial charge in [0, 0.05) is 5.69 Å². The maximum atomic E-state index is 11.7. The molecule has 116 valence electrons. The van der Waals surface area contributed by atoms with Crippen molar-refractivity contribution in [1.82, 2.24) is 5.32 Å². The molecule has 0 radical (unpaired) electrons. The number of urea groups is 1. The van der Waals surface area contributed by atoms with Crippen molar-refractivity contribution in [3.63, 3.8) is 0 Å². The van der Waals surface area contributed by atoms with Gasteiger partial charge in [-0.25, -0.2) is 4.79 Å². The van der Waals surface area contributed by atoms with Crippen molar-refractivity contribution in [1.29, 1.82) is 0 Å². The zero-order chi connectivity index (χ0) is 15.9. The fourth-order valence-electron chi connectivity index (χ4n) is 1.46. The van der Waals surface area contributed by atoms with Gasteiger partial charge in [-0.2, -0.15) is 0 Å². The van der Waals surface area contributed by atoms with Crippen LogP contribution in [0, 0.1) is 12.3 Å². The Morgan fingerprint density at radius 3 is 2.38 bits per heavy atom. The first-order valence-electron chi connectivity index (χ1n) is 7.14. The van der Waals surface area contributed by atoms with Crippen molar-refractivity contribution >= 4 is 17.7 Å². The molecule has 0 unspecified atom stereocenters. The van der Waals surface area contributed by atoms with Crippen LogP contribution in [-0.4, -0.2) is 25.2 Å². The number of benzene rings is 1. The van der Waals surface area contributed by atoms with Crippen LogP contribution in [0.1, 0.15) is 32.8 Å². The SMILES string of the molecule is CCC(C)(C)C(=O)OCCNC(=O)Nc1ccc(C)cc1. The van der Waals surface area contributed by atoms with Crippen LogP contribution >= 0.6 is 0 Å². The molecule has 0 aliphatic heterocycles. The fourth-order valence-corrected chi connectivity index (χ4v) is 1.46. The number of ether oxygens (including phenoxy) is 1. The summed E-state index contributed by atoms with van der Waals surface area (Å²) in [4.78, 5) is 23.3. The number of carbonyl (C=O) groups is 2. The largest absolute Gasteiger partial charge is 0.463 e. The number of nitrogens with one attached hydrogen (secondary N) is 2. The Kier molecular flexibility index (Phi) is 6.21. The van der Waals surface area contributed by atoms with Gasteiger partial charge in [0.15, 0.2) is 0 Å². The Labute approximate surface area is 126 Å². The minimum Gasteiger partial charge on any atom is -0.463 e. The summed E-state index contributed by atoms with van der Waals surface area (Å²) >= 11 is 0. The lowest BCUT2D eigenvalue weighted by Crippen LogP contribution is -2.34. The number of hydrogen-bond donors (Lipinski definition) is 2. The van der Waals surface area contributed by atoms with Crippen molar-refractivity contribution < 1.29 is 14.3 Å². The summed E-state index contributed by atoms with van der Waals surface area (Å²) in [6.45, 7) is 8.05. The molecule has 0 aliphatic carbocycles. The van der Waals surface area contributed by atoms with Crippen LogP contribution in [0.15, 0.2) is 24.3 Å². The standard InChI is InChI=1S/C16H24N2O3/c1-5-16(3,4)14(19)21-11-10-17-15(20)18-13-8-6-12(2)7-9-13/h6-9H,5,10-11H2,1-4H3,(H2,17,18,20). The molecule has 2 amide bonds. The molecule has 0 heterocycles. The van der Waals surface area contributed by atoms with Crippen molar-refractivity contribution in [2.24, 2.45) is 5.41 Å². The highest BCUT2D eigenvalue weighted by molar-refractivity contribution is 5.89. The van der Waals surface area contributed by atoms with E-state index >= 15 is 0 Å². The molecule has 1 rings (SSSR count). The van der Waals surface area contributed by atoms with Crippen molar-refractivity contribution in [3.8, 4) is 0 Å². The van der Waals surface area contributed by atoms with E-state index in [1.807, 2.05) is 52.0 Å². The molecule has 1 aromatic carbocycles. The van der Waals surface area contributed by atoms with Gasteiger partial charge in [-0.1, -0.05) is 24.6 Å². The second-order valence-electron chi connectivity index (χ2n) is 5.62. The molecule has 0 spiro atoms. The lowest BCUT2D eigenvalue weighted by molar-refractivity contribution is -0.153. The van der Waals surface area contributed by atoms with Crippen molar-refractivity contribution in [2.45, 2.75) is 34.1 Å². The molecule has 0 bridgehead atoms. The zero-order valence-corrected chi connectivity index (χ0v) is 13.2. The van der Waals surface area contributed by atoms with Gasteiger partial charge in [-0.15, -0.1) is 0 Å². The number of carbonyl (C=O) groups excluding carboxylic acids is 2. The zero-order valence-electron chi connectivity index (χ0n) is 13.2. The maximum absolute atomic E-state index is 11.7. The van der Waals surface area contributed by atoms with Crippen LogP contribution in [0.3, 0.4) is 0 Å². The Morgan fingerprint density at radius 2 is 1.81 bits per heavy atom. The van der Waals surface area contributed by atoms with E-state index in [9.17, 15) is 9.59 Å². The van der Waals surface area contributed by atoms with Gasteiger partial charge < -0.3 is 15.4 Å². The van der Waals surface area contributed by atoms with Crippen LogP contribution < -0.4 is 10.6 Å². The van der Waals surface area contributed by atoms with E-state index in [1.165, 1.54) is 0 Å². The molecule has 0 saturated heterocycles. The van der Waals surface area contributed by atoms with E-state index in [0.717, 1.165) is 11.3 Å². The molecule has 0 aromatic heterocycles. The molecule has 0 aliphatic rings. The molecule has 0 fully saturated rings. The summed E-state index contributed by atoms with van der Waals surface area (Å²) < 4.78 is 5.13. The Hall–Kier alpha value is -2.04. The maximum Gasteiger partial charge on any atom is 0.319 e. The summed E-state index contributed by atoms with van der Waals surface area (Å²) in [5, 5.41) is 5.35. The summed E-state index contributed by atoms with van der Waals surface area (Å²) in [6, 6.07) is 7.19. The number of aryl methyl sites for hydroxylation is 1. The second-order valence-corrected chi connectivity index (χ2v) is 5.62. The van der Waals surface area contributed by atoms with E-state index in [-0.39, 0.29) is 25.2 Å². The molecule has 5 nitrogen and oxygen atoms in total. The minimum absolute atomic E-state index is 0.170. The fraction of sp³-hybridized carbons (Fsp3) is 0.500. The molecule has 0 atom stereocenters. The molecule has 2 N–H and O–H groups in total. The van der Waals surface area contributed by atoms with E-state index in [4.69, 9.17) is 4.74 Å². The van der Waals surface area contributed by atoms with Gasteiger partial charge in [0.05, 0.1) is 12.0 Å². The highest BCUT2D eigenvalue weighted by Gasteiger charge is 2.26. The number of esters is 1. The number of amides is 2. The lowest BCUT2D eigenvalue weighted by atomic mass is 9.91. The molecule has 21 heavy (non-hydrogen) atoms. The number of rotatable bonds is 6. The van der Waals surface area contributed by atoms with Crippen molar-refractivity contribution in [2.75, 3.05) is 18.5 Å². The van der Waals surface area contributed by atoms with Gasteiger partial charge in [-0.05, 0) is 39.3 Å². The predicted molar refractivity (Wildman–Crippen MR) is 83.2 cm³/mol. The van der Waals surface area contributed by atoms with E-state index in [0.29, 0.717) is 6.42 Å². The Morgan fingerprint density at radius 1 is 1.19 bits per heavy atom. The molecular formula is C16H24N2O3. The first-order valence-corrected chi connectivity index (χ1v) is 7.14. The van der Waals surface area contributed by atoms with Gasteiger partial charge in [0.2, 0.25) is 0 Å². The first-order chi connectivity index (χ1) is 9.85. The third-order valence-corrected chi connectivity index (χ3v) is 3.37. The van der Waals surface area contributed by atoms with E-state index in [2.05, 4.69) is 10.6 Å².